The number of nitrogens with zero attached hydrogens (tertiary/aromatic N) is 4. The van der Waals surface area contributed by atoms with Crippen LogP contribution in [-0.4, -0.2) is 67.4 Å². The van der Waals surface area contributed by atoms with E-state index in [4.69, 9.17) is 4.74 Å². The third kappa shape index (κ3) is 3.11. The SMILES string of the molecule is CNc1nc(C)cc(N2CCOC3(CCN(C)CC3)C2)n1. The van der Waals surface area contributed by atoms with Crippen molar-refractivity contribution in [1.29, 1.82) is 0 Å². The van der Waals surface area contributed by atoms with Crippen LogP contribution in [0.5, 0.6) is 0 Å². The van der Waals surface area contributed by atoms with Crippen LogP contribution in [0.1, 0.15) is 18.5 Å². The molecule has 1 aromatic rings. The summed E-state index contributed by atoms with van der Waals surface area (Å²) in [7, 11) is 4.04. The molecule has 0 unspecified atom stereocenters. The highest BCUT2D eigenvalue weighted by Crippen LogP contribution is 2.31. The summed E-state index contributed by atoms with van der Waals surface area (Å²) in [6.07, 6.45) is 2.20. The smallest absolute Gasteiger partial charge is 0.224 e. The molecule has 116 valence electrons. The number of aryl methyl sites for hydroxylation is 1. The van der Waals surface area contributed by atoms with Crippen molar-refractivity contribution in [2.45, 2.75) is 25.4 Å². The van der Waals surface area contributed by atoms with E-state index in [0.29, 0.717) is 5.95 Å². The highest BCUT2D eigenvalue weighted by molar-refractivity contribution is 5.45. The van der Waals surface area contributed by atoms with Gasteiger partial charge >= 0.3 is 0 Å². The van der Waals surface area contributed by atoms with E-state index in [0.717, 1.165) is 57.1 Å². The van der Waals surface area contributed by atoms with Crippen molar-refractivity contribution in [3.05, 3.63) is 11.8 Å². The lowest BCUT2D eigenvalue weighted by atomic mass is 9.89. The van der Waals surface area contributed by atoms with E-state index in [1.165, 1.54) is 0 Å². The predicted molar refractivity (Wildman–Crippen MR) is 83.9 cm³/mol. The molecule has 2 aliphatic rings. The van der Waals surface area contributed by atoms with Crippen LogP contribution < -0.4 is 10.2 Å². The Hall–Kier alpha value is -1.40. The van der Waals surface area contributed by atoms with Crippen LogP contribution in [0.25, 0.3) is 0 Å². The van der Waals surface area contributed by atoms with Gasteiger partial charge in [-0.1, -0.05) is 0 Å². The van der Waals surface area contributed by atoms with Gasteiger partial charge in [0.15, 0.2) is 0 Å². The van der Waals surface area contributed by atoms with E-state index >= 15 is 0 Å². The quantitative estimate of drug-likeness (QED) is 0.881. The monoisotopic (exact) mass is 291 g/mol. The van der Waals surface area contributed by atoms with Gasteiger partial charge in [0, 0.05) is 45.0 Å². The number of morpholine rings is 1. The summed E-state index contributed by atoms with van der Waals surface area (Å²) in [6.45, 7) is 6.84. The van der Waals surface area contributed by atoms with Gasteiger partial charge in [0.05, 0.1) is 12.2 Å². The number of hydrogen-bond acceptors (Lipinski definition) is 6. The highest BCUT2D eigenvalue weighted by atomic mass is 16.5. The summed E-state index contributed by atoms with van der Waals surface area (Å²) in [5.74, 6) is 1.70. The Labute approximate surface area is 126 Å². The van der Waals surface area contributed by atoms with E-state index in [1.54, 1.807) is 0 Å². The molecule has 0 radical (unpaired) electrons. The minimum Gasteiger partial charge on any atom is -0.371 e. The van der Waals surface area contributed by atoms with Crippen molar-refractivity contribution in [2.75, 3.05) is 57.1 Å². The Morgan fingerprint density at radius 2 is 2.00 bits per heavy atom. The maximum absolute atomic E-state index is 6.17. The largest absolute Gasteiger partial charge is 0.371 e. The zero-order valence-corrected chi connectivity index (χ0v) is 13.2. The van der Waals surface area contributed by atoms with Crippen molar-refractivity contribution in [1.82, 2.24) is 14.9 Å². The van der Waals surface area contributed by atoms with Gasteiger partial charge in [-0.3, -0.25) is 0 Å². The molecule has 6 heteroatoms. The number of ether oxygens (including phenoxy) is 1. The molecule has 3 heterocycles. The molecule has 2 fully saturated rings. The molecular formula is C15H25N5O. The van der Waals surface area contributed by atoms with E-state index in [-0.39, 0.29) is 5.60 Å². The fourth-order valence-electron chi connectivity index (χ4n) is 3.19. The topological polar surface area (TPSA) is 53.5 Å². The molecule has 0 atom stereocenters. The normalized spacial score (nSPS) is 22.5. The van der Waals surface area contributed by atoms with Crippen molar-refractivity contribution in [3.8, 4) is 0 Å². The Balaban J connectivity index is 1.78. The van der Waals surface area contributed by atoms with Crippen LogP contribution >= 0.6 is 0 Å². The minimum absolute atomic E-state index is 0.00339. The van der Waals surface area contributed by atoms with Gasteiger partial charge in [-0.25, -0.2) is 4.98 Å². The van der Waals surface area contributed by atoms with Gasteiger partial charge in [-0.05, 0) is 26.8 Å². The van der Waals surface area contributed by atoms with E-state index in [1.807, 2.05) is 14.0 Å². The summed E-state index contributed by atoms with van der Waals surface area (Å²) in [6, 6.07) is 2.06. The lowest BCUT2D eigenvalue weighted by Gasteiger charge is -2.47. The molecule has 2 aliphatic heterocycles. The molecule has 1 spiro atoms. The Morgan fingerprint density at radius 3 is 2.71 bits per heavy atom. The lowest BCUT2D eigenvalue weighted by molar-refractivity contribution is -0.0884. The van der Waals surface area contributed by atoms with Crippen molar-refractivity contribution >= 4 is 11.8 Å². The average molecular weight is 291 g/mol. The Bertz CT molecular complexity index is 499. The third-order valence-electron chi connectivity index (χ3n) is 4.54. The molecule has 1 N–H and O–H groups in total. The van der Waals surface area contributed by atoms with Crippen LogP contribution in [0, 0.1) is 6.92 Å². The van der Waals surface area contributed by atoms with Gasteiger partial charge in [0.1, 0.15) is 5.82 Å². The van der Waals surface area contributed by atoms with E-state index < -0.39 is 0 Å². The van der Waals surface area contributed by atoms with Crippen LogP contribution in [0.3, 0.4) is 0 Å². The standard InChI is InChI=1S/C15H25N5O/c1-12-10-13(18-14(16-2)17-12)20-8-9-21-15(11-20)4-6-19(3)7-5-15/h10H,4-9,11H2,1-3H3,(H,16,17,18). The molecule has 3 rings (SSSR count). The zero-order valence-electron chi connectivity index (χ0n) is 13.2. The Kier molecular flexibility index (Phi) is 3.99. The summed E-state index contributed by atoms with van der Waals surface area (Å²) < 4.78 is 6.17. The predicted octanol–water partition coefficient (Wildman–Crippen LogP) is 1.13. The van der Waals surface area contributed by atoms with Crippen LogP contribution in [0.15, 0.2) is 6.07 Å². The molecule has 21 heavy (non-hydrogen) atoms. The zero-order chi connectivity index (χ0) is 14.9. The average Bonchev–Trinajstić information content (AvgIpc) is 2.50. The summed E-state index contributed by atoms with van der Waals surface area (Å²) >= 11 is 0. The molecule has 0 amide bonds. The first-order valence-corrected chi connectivity index (χ1v) is 7.71. The maximum atomic E-state index is 6.17. The summed E-state index contributed by atoms with van der Waals surface area (Å²) in [5.41, 5.74) is 0.997. The van der Waals surface area contributed by atoms with Crippen LogP contribution in [0.2, 0.25) is 0 Å². The molecule has 0 bridgehead atoms. The van der Waals surface area contributed by atoms with E-state index in [9.17, 15) is 0 Å². The minimum atomic E-state index is 0.00339. The highest BCUT2D eigenvalue weighted by Gasteiger charge is 2.39. The fraction of sp³-hybridized carbons (Fsp3) is 0.733. The van der Waals surface area contributed by atoms with Crippen molar-refractivity contribution < 1.29 is 4.74 Å². The maximum Gasteiger partial charge on any atom is 0.224 e. The molecule has 0 aliphatic carbocycles. The number of likely N-dealkylation sites (tertiary alicyclic amines) is 1. The van der Waals surface area contributed by atoms with Crippen molar-refractivity contribution in [3.63, 3.8) is 0 Å². The summed E-state index contributed by atoms with van der Waals surface area (Å²) in [4.78, 5) is 13.7. The van der Waals surface area contributed by atoms with Gasteiger partial charge in [0.2, 0.25) is 5.95 Å². The van der Waals surface area contributed by atoms with Gasteiger partial charge in [-0.15, -0.1) is 0 Å². The number of hydrogen-bond donors (Lipinski definition) is 1. The second-order valence-electron chi connectivity index (χ2n) is 6.20. The van der Waals surface area contributed by atoms with Gasteiger partial charge in [0.25, 0.3) is 0 Å². The fourth-order valence-corrected chi connectivity index (χ4v) is 3.19. The molecule has 0 aromatic carbocycles. The molecule has 2 saturated heterocycles. The molecule has 0 saturated carbocycles. The summed E-state index contributed by atoms with van der Waals surface area (Å²) in [5, 5.41) is 3.04. The van der Waals surface area contributed by atoms with Crippen molar-refractivity contribution in [2.24, 2.45) is 0 Å². The molecule has 1 aromatic heterocycles. The number of rotatable bonds is 2. The second-order valence-corrected chi connectivity index (χ2v) is 6.20. The molecular weight excluding hydrogens is 266 g/mol. The first kappa shape index (κ1) is 14.5. The first-order valence-electron chi connectivity index (χ1n) is 7.71. The van der Waals surface area contributed by atoms with Gasteiger partial charge < -0.3 is 19.9 Å². The number of nitrogens with one attached hydrogen (secondary N) is 1. The van der Waals surface area contributed by atoms with E-state index in [2.05, 4.69) is 38.2 Å². The Morgan fingerprint density at radius 1 is 1.24 bits per heavy atom. The van der Waals surface area contributed by atoms with Crippen LogP contribution in [0.4, 0.5) is 11.8 Å². The second kappa shape index (κ2) is 5.77. The molecule has 6 nitrogen and oxygen atoms in total. The number of anilines is 2. The lowest BCUT2D eigenvalue weighted by Crippen LogP contribution is -2.56. The number of aromatic nitrogens is 2. The number of piperidine rings is 1. The van der Waals surface area contributed by atoms with Gasteiger partial charge in [-0.2, -0.15) is 4.98 Å². The third-order valence-corrected chi connectivity index (χ3v) is 4.54. The van der Waals surface area contributed by atoms with Crippen LogP contribution in [-0.2, 0) is 4.74 Å². The first-order chi connectivity index (χ1) is 10.1.